The van der Waals surface area contributed by atoms with Crippen LogP contribution in [0.3, 0.4) is 0 Å². The molecule has 3 nitrogen and oxygen atoms in total. The van der Waals surface area contributed by atoms with Crippen molar-refractivity contribution >= 4 is 0 Å². The molecule has 24 heavy (non-hydrogen) atoms. The lowest BCUT2D eigenvalue weighted by atomic mass is 9.48. The average molecular weight is 331 g/mol. The number of aliphatic hydroxyl groups is 2. The minimum Gasteiger partial charge on any atom is -0.509 e. The lowest BCUT2D eigenvalue weighted by Crippen LogP contribution is -2.54. The van der Waals surface area contributed by atoms with E-state index in [0.29, 0.717) is 23.5 Å². The highest BCUT2D eigenvalue weighted by Gasteiger charge is 2.78. The second kappa shape index (κ2) is 4.23. The van der Waals surface area contributed by atoms with Crippen molar-refractivity contribution in [2.45, 2.75) is 89.4 Å². The fraction of sp³-hybridized carbons (Fsp3) is 0.857. The van der Waals surface area contributed by atoms with Crippen LogP contribution < -0.4 is 0 Å². The summed E-state index contributed by atoms with van der Waals surface area (Å²) < 4.78 is 6.27. The van der Waals surface area contributed by atoms with Crippen molar-refractivity contribution in [1.29, 1.82) is 0 Å². The van der Waals surface area contributed by atoms with Crippen LogP contribution in [0.5, 0.6) is 0 Å². The van der Waals surface area contributed by atoms with Gasteiger partial charge >= 0.3 is 0 Å². The smallest absolute Gasteiger partial charge is 0.152 e. The van der Waals surface area contributed by atoms with Crippen LogP contribution in [0.1, 0.15) is 72.6 Å². The van der Waals surface area contributed by atoms with Crippen LogP contribution >= 0.6 is 0 Å². The molecule has 0 aromatic carbocycles. The summed E-state index contributed by atoms with van der Waals surface area (Å²) >= 11 is 0. The molecule has 1 saturated heterocycles. The first-order valence-corrected chi connectivity index (χ1v) is 9.84. The van der Waals surface area contributed by atoms with E-state index in [1.165, 1.54) is 19.3 Å². The minimum absolute atomic E-state index is 0.0780. The number of allylic oxidation sites excluding steroid dienone is 1. The van der Waals surface area contributed by atoms with E-state index in [4.69, 9.17) is 4.74 Å². The Morgan fingerprint density at radius 2 is 1.79 bits per heavy atom. The zero-order valence-electron chi connectivity index (χ0n) is 15.5. The highest BCUT2D eigenvalue weighted by molar-refractivity contribution is 5.47. The number of hydrogen-bond acceptors (Lipinski definition) is 3. The molecule has 7 atom stereocenters. The molecule has 0 bridgehead atoms. The molecule has 0 unspecified atom stereocenters. The van der Waals surface area contributed by atoms with E-state index in [2.05, 4.69) is 27.7 Å². The first-order chi connectivity index (χ1) is 11.2. The van der Waals surface area contributed by atoms with Crippen molar-refractivity contribution in [1.82, 2.24) is 0 Å². The van der Waals surface area contributed by atoms with Gasteiger partial charge in [0.05, 0.1) is 5.60 Å². The van der Waals surface area contributed by atoms with Gasteiger partial charge in [-0.1, -0.05) is 6.92 Å². The zero-order chi connectivity index (χ0) is 17.1. The Balaban J connectivity index is 1.51. The predicted molar refractivity (Wildman–Crippen MR) is 92.3 cm³/mol. The van der Waals surface area contributed by atoms with E-state index in [-0.39, 0.29) is 11.0 Å². The Labute approximate surface area is 145 Å². The third-order valence-electron chi connectivity index (χ3n) is 9.21. The lowest BCUT2D eigenvalue weighted by Gasteiger charge is -2.56. The Bertz CT molecular complexity index is 637. The maximum atomic E-state index is 11.0. The van der Waals surface area contributed by atoms with Crippen LogP contribution in [0.25, 0.3) is 0 Å². The van der Waals surface area contributed by atoms with Gasteiger partial charge in [0.1, 0.15) is 11.4 Å². The first kappa shape index (κ1) is 15.7. The van der Waals surface area contributed by atoms with E-state index in [0.717, 1.165) is 31.3 Å². The fourth-order valence-electron chi connectivity index (χ4n) is 7.47. The molecule has 5 rings (SSSR count). The molecule has 1 aliphatic heterocycles. The van der Waals surface area contributed by atoms with Crippen molar-refractivity contribution in [2.75, 3.05) is 0 Å². The van der Waals surface area contributed by atoms with Crippen LogP contribution in [0.4, 0.5) is 0 Å². The summed E-state index contributed by atoms with van der Waals surface area (Å²) in [5, 5.41) is 21.5. The topological polar surface area (TPSA) is 53.0 Å². The Morgan fingerprint density at radius 3 is 2.54 bits per heavy atom. The summed E-state index contributed by atoms with van der Waals surface area (Å²) in [6.45, 7) is 8.55. The molecule has 2 N–H and O–H groups in total. The summed E-state index contributed by atoms with van der Waals surface area (Å²) in [7, 11) is 0. The number of aliphatic hydroxyl groups excluding tert-OH is 1. The second-order valence-corrected chi connectivity index (χ2v) is 9.98. The number of ether oxygens (including phenoxy) is 1. The van der Waals surface area contributed by atoms with Crippen LogP contribution in [-0.4, -0.2) is 27.0 Å². The van der Waals surface area contributed by atoms with Gasteiger partial charge in [0.25, 0.3) is 0 Å². The van der Waals surface area contributed by atoms with E-state index in [9.17, 15) is 10.2 Å². The van der Waals surface area contributed by atoms with Crippen molar-refractivity contribution in [3.05, 3.63) is 17.3 Å². The van der Waals surface area contributed by atoms with E-state index >= 15 is 0 Å². The van der Waals surface area contributed by atoms with Gasteiger partial charge in [0, 0.05) is 5.92 Å². The molecular weight excluding hydrogens is 300 g/mol. The normalized spacial score (nSPS) is 59.5. The average Bonchev–Trinajstić information content (AvgIpc) is 3.06. The molecule has 4 aliphatic carbocycles. The Morgan fingerprint density at radius 1 is 1.04 bits per heavy atom. The summed E-state index contributed by atoms with van der Waals surface area (Å²) in [6, 6.07) is 0. The molecule has 0 aromatic heterocycles. The van der Waals surface area contributed by atoms with Gasteiger partial charge in [0.2, 0.25) is 0 Å². The summed E-state index contributed by atoms with van der Waals surface area (Å²) in [4.78, 5) is 0. The molecule has 4 fully saturated rings. The summed E-state index contributed by atoms with van der Waals surface area (Å²) in [6.07, 6.45) is 7.57. The predicted octanol–water partition coefficient (Wildman–Crippen LogP) is 4.31. The van der Waals surface area contributed by atoms with E-state index in [1.807, 2.05) is 0 Å². The monoisotopic (exact) mass is 331 g/mol. The molecule has 0 aromatic rings. The van der Waals surface area contributed by atoms with Gasteiger partial charge in [-0.2, -0.15) is 0 Å². The zero-order valence-corrected chi connectivity index (χ0v) is 15.5. The van der Waals surface area contributed by atoms with Crippen molar-refractivity contribution in [2.24, 2.45) is 23.2 Å². The maximum absolute atomic E-state index is 11.0. The maximum Gasteiger partial charge on any atom is 0.152 e. The van der Waals surface area contributed by atoms with Gasteiger partial charge in [-0.15, -0.1) is 0 Å². The van der Waals surface area contributed by atoms with Crippen molar-refractivity contribution in [3.8, 4) is 0 Å². The van der Waals surface area contributed by atoms with Crippen molar-refractivity contribution < 1.29 is 14.9 Å². The Hall–Kier alpha value is -0.540. The fourth-order valence-corrected chi connectivity index (χ4v) is 7.47. The summed E-state index contributed by atoms with van der Waals surface area (Å²) in [5.74, 6) is 4.02. The number of hydrogen-bond donors (Lipinski definition) is 2. The number of epoxide rings is 1. The van der Waals surface area contributed by atoms with E-state index in [1.54, 1.807) is 5.92 Å². The third-order valence-corrected chi connectivity index (χ3v) is 9.21. The summed E-state index contributed by atoms with van der Waals surface area (Å²) in [5.41, 5.74) is 0.0555. The van der Waals surface area contributed by atoms with E-state index < -0.39 is 11.2 Å². The van der Waals surface area contributed by atoms with Gasteiger partial charge < -0.3 is 14.9 Å². The van der Waals surface area contributed by atoms with Crippen LogP contribution in [0.15, 0.2) is 11.3 Å². The van der Waals surface area contributed by atoms with Crippen LogP contribution in [0, 0.1) is 29.1 Å². The molecular formula is C21H31O3. The molecule has 133 valence electrons. The molecule has 5 aliphatic rings. The second-order valence-electron chi connectivity index (χ2n) is 9.98. The molecule has 1 radical (unpaired) electrons. The highest BCUT2D eigenvalue weighted by atomic mass is 16.6. The number of fused-ring (bicyclic) bond motifs is 4. The van der Waals surface area contributed by atoms with Gasteiger partial charge in [0.15, 0.2) is 5.60 Å². The van der Waals surface area contributed by atoms with Crippen molar-refractivity contribution in [3.63, 3.8) is 0 Å². The van der Waals surface area contributed by atoms with Crippen LogP contribution in [-0.2, 0) is 4.74 Å². The molecule has 3 saturated carbocycles. The number of rotatable bonds is 0. The quantitative estimate of drug-likeness (QED) is 0.650. The molecule has 1 heterocycles. The molecule has 1 spiro atoms. The van der Waals surface area contributed by atoms with Crippen LogP contribution in [0.2, 0.25) is 0 Å². The SMILES string of the molecule is CC1=C(O)[C@@]2(C)O[C@]23CC[C@@H]2[C@H](CC[C@@]4(C)[C@H]2CC[C@]4(C)O)[C]3C1. The van der Waals surface area contributed by atoms with Gasteiger partial charge in [-0.05, 0) is 94.5 Å². The Kier molecular flexibility index (Phi) is 2.77. The standard InChI is InChI=1S/C21H31O3/c1-12-11-16-14-5-8-18(2)15(7-9-19(18,3)23)13(14)6-10-21(16)20(4,24-21)17(12)22/h13-15,22-23H,5-11H2,1-4H3/t13-,14+,15+,18+,19+,20-,21+/m1/s1. The third kappa shape index (κ3) is 1.50. The molecule has 0 amide bonds. The van der Waals surface area contributed by atoms with Gasteiger partial charge in [-0.3, -0.25) is 0 Å². The highest BCUT2D eigenvalue weighted by Crippen LogP contribution is 2.73. The lowest BCUT2D eigenvalue weighted by molar-refractivity contribution is -0.103. The first-order valence-electron chi connectivity index (χ1n) is 9.84. The van der Waals surface area contributed by atoms with Gasteiger partial charge in [-0.25, -0.2) is 0 Å². The largest absolute Gasteiger partial charge is 0.509 e. The minimum atomic E-state index is -0.506. The molecule has 3 heteroatoms.